The van der Waals surface area contributed by atoms with Gasteiger partial charge in [-0.2, -0.15) is 6.07 Å². The summed E-state index contributed by atoms with van der Waals surface area (Å²) in [6.07, 6.45) is 6.18. The van der Waals surface area contributed by atoms with Gasteiger partial charge in [-0.05, 0) is 98.9 Å². The molecule has 5 heterocycles. The van der Waals surface area contributed by atoms with E-state index in [1.165, 1.54) is 44.9 Å². The maximum Gasteiger partial charge on any atom is 0.135 e. The molecule has 2 aromatic heterocycles. The minimum absolute atomic E-state index is 0. The van der Waals surface area contributed by atoms with Gasteiger partial charge in [-0.25, -0.2) is 4.98 Å². The number of benzene rings is 6. The van der Waals surface area contributed by atoms with Crippen molar-refractivity contribution in [3.63, 3.8) is 0 Å². The number of aromatic nitrogens is 2. The molecule has 0 aliphatic carbocycles. The molecule has 0 radical (unpaired) electrons. The number of ether oxygens (including phenoxy) is 1. The molecule has 0 unspecified atom stereocenters. The van der Waals surface area contributed by atoms with Crippen LogP contribution in [0.1, 0.15) is 103 Å². The van der Waals surface area contributed by atoms with Crippen molar-refractivity contribution >= 4 is 50.2 Å². The van der Waals surface area contributed by atoms with Gasteiger partial charge in [-0.15, -0.1) is 53.6 Å². The van der Waals surface area contributed by atoms with E-state index in [2.05, 4.69) is 235 Å². The average molecular weight is 1030 g/mol. The number of nitrogens with zero attached hydrogens (tertiary/aromatic N) is 5. The predicted octanol–water partition coefficient (Wildman–Crippen LogP) is 14.8. The molecule has 6 nitrogen and oxygen atoms in total. The Balaban J connectivity index is 0.00000498. The fourth-order valence-corrected chi connectivity index (χ4v) is 10.1. The first-order chi connectivity index (χ1) is 30.5. The number of hydrogen-bond acceptors (Lipinski definition) is 5. The predicted molar refractivity (Wildman–Crippen MR) is 264 cm³/mol. The van der Waals surface area contributed by atoms with Crippen molar-refractivity contribution in [3.8, 4) is 17.3 Å². The monoisotopic (exact) mass is 1030 g/mol. The molecule has 0 bridgehead atoms. The third-order valence-electron chi connectivity index (χ3n) is 13.8. The van der Waals surface area contributed by atoms with Crippen LogP contribution < -0.4 is 19.4 Å². The largest absolute Gasteiger partial charge is 0.509 e. The topological polar surface area (TPSA) is 36.8 Å². The van der Waals surface area contributed by atoms with Crippen molar-refractivity contribution in [1.82, 2.24) is 9.55 Å². The summed E-state index contributed by atoms with van der Waals surface area (Å²) >= 11 is 0. The van der Waals surface area contributed by atoms with Gasteiger partial charge in [0.2, 0.25) is 0 Å². The Hall–Kier alpha value is -6.10. The number of anilines is 5. The quantitative estimate of drug-likeness (QED) is 0.161. The molecule has 7 heteroatoms. The third-order valence-corrected chi connectivity index (χ3v) is 13.8. The minimum Gasteiger partial charge on any atom is -0.509 e. The summed E-state index contributed by atoms with van der Waals surface area (Å²) in [7, 11) is 0. The van der Waals surface area contributed by atoms with E-state index in [1.807, 2.05) is 12.3 Å². The van der Waals surface area contributed by atoms with Crippen LogP contribution in [0.15, 0.2) is 140 Å². The van der Waals surface area contributed by atoms with Crippen molar-refractivity contribution in [2.45, 2.75) is 90.9 Å². The maximum atomic E-state index is 6.78. The van der Waals surface area contributed by atoms with Crippen LogP contribution in [0.2, 0.25) is 0 Å². The van der Waals surface area contributed by atoms with Gasteiger partial charge in [-0.1, -0.05) is 129 Å². The second-order valence-corrected chi connectivity index (χ2v) is 20.8. The number of pyridine rings is 1. The van der Waals surface area contributed by atoms with Gasteiger partial charge in [0.15, 0.2) is 0 Å². The van der Waals surface area contributed by atoms with E-state index in [9.17, 15) is 0 Å². The van der Waals surface area contributed by atoms with Crippen molar-refractivity contribution in [3.05, 3.63) is 192 Å². The van der Waals surface area contributed by atoms with Crippen molar-refractivity contribution in [1.29, 1.82) is 0 Å². The fourth-order valence-electron chi connectivity index (χ4n) is 10.1. The Kier molecular flexibility index (Phi) is 9.86. The first-order valence-electron chi connectivity index (χ1n) is 22.4. The number of hydrogen-bond donors (Lipinski definition) is 0. The van der Waals surface area contributed by atoms with Crippen molar-refractivity contribution in [2.75, 3.05) is 14.7 Å². The molecule has 0 spiro atoms. The van der Waals surface area contributed by atoms with Crippen LogP contribution in [-0.2, 0) is 42.7 Å². The number of para-hydroxylation sites is 3. The van der Waals surface area contributed by atoms with E-state index >= 15 is 0 Å². The molecule has 8 aromatic rings. The molecule has 11 rings (SSSR count). The third kappa shape index (κ3) is 6.82. The molecule has 0 amide bonds. The minimum atomic E-state index is -0.221. The molecular weight excluding hydrogens is 978 g/mol. The van der Waals surface area contributed by atoms with Gasteiger partial charge in [0.1, 0.15) is 5.82 Å². The van der Waals surface area contributed by atoms with Gasteiger partial charge < -0.3 is 24.0 Å². The van der Waals surface area contributed by atoms with Crippen molar-refractivity contribution < 1.29 is 25.8 Å². The van der Waals surface area contributed by atoms with Gasteiger partial charge >= 0.3 is 0 Å². The number of rotatable bonds is 5. The molecule has 0 fully saturated rings. The van der Waals surface area contributed by atoms with Crippen LogP contribution in [0.5, 0.6) is 11.5 Å². The zero-order valence-corrected chi connectivity index (χ0v) is 41.1. The molecule has 0 N–H and O–H groups in total. The van der Waals surface area contributed by atoms with Crippen LogP contribution >= 0.6 is 0 Å². The van der Waals surface area contributed by atoms with Crippen LogP contribution in [0, 0.1) is 18.8 Å². The summed E-state index contributed by atoms with van der Waals surface area (Å²) in [5.74, 6) is 2.11. The molecule has 0 atom stereocenters. The summed E-state index contributed by atoms with van der Waals surface area (Å²) in [6.45, 7) is 25.1. The molecule has 0 saturated carbocycles. The van der Waals surface area contributed by atoms with Crippen LogP contribution in [0.25, 0.3) is 27.6 Å². The number of fused-ring (bicyclic) bond motifs is 7. The Labute approximate surface area is 398 Å². The van der Waals surface area contributed by atoms with Crippen LogP contribution in [0.4, 0.5) is 28.4 Å². The molecule has 3 aliphatic heterocycles. The summed E-state index contributed by atoms with van der Waals surface area (Å²) < 4.78 is 8.99. The summed E-state index contributed by atoms with van der Waals surface area (Å²) in [6, 6.07) is 51.2. The van der Waals surface area contributed by atoms with Crippen molar-refractivity contribution in [2.24, 2.45) is 0 Å². The Morgan fingerprint density at radius 1 is 0.585 bits per heavy atom. The maximum absolute atomic E-state index is 6.78. The molecule has 330 valence electrons. The smallest absolute Gasteiger partial charge is 0.135 e. The van der Waals surface area contributed by atoms with Gasteiger partial charge in [0.05, 0.1) is 17.1 Å². The zero-order chi connectivity index (χ0) is 44.5. The van der Waals surface area contributed by atoms with E-state index in [-0.39, 0.29) is 42.7 Å². The van der Waals surface area contributed by atoms with E-state index in [0.717, 1.165) is 44.6 Å². The Bertz CT molecular complexity index is 3150. The first-order valence-corrected chi connectivity index (χ1v) is 22.4. The Morgan fingerprint density at radius 3 is 1.86 bits per heavy atom. The molecule has 6 aromatic carbocycles. The molecular formula is C58H54N5OPt-3. The second kappa shape index (κ2) is 15.0. The average Bonchev–Trinajstić information content (AvgIpc) is 3.89. The molecule has 3 aliphatic rings. The SMILES string of the molecule is CC(C)(C)c1cc(Oc2[c-]c3c(cc2)c2ccccc2n3-c2cc(C(C)(C)C)ccn2)[c-]c(N2C=CN(c3cc4c5c(c3)C(C)(C)c3ccccc3N5c3ccccc3C4(C)C)[CH-]2)c1.[Pt]. The van der Waals surface area contributed by atoms with Gasteiger partial charge in [0.25, 0.3) is 0 Å². The molecule has 65 heavy (non-hydrogen) atoms. The summed E-state index contributed by atoms with van der Waals surface area (Å²) in [5.41, 5.74) is 14.9. The van der Waals surface area contributed by atoms with Crippen LogP contribution in [0.3, 0.4) is 0 Å². The second-order valence-electron chi connectivity index (χ2n) is 20.8. The van der Waals surface area contributed by atoms with Gasteiger partial charge in [-0.3, -0.25) is 0 Å². The van der Waals surface area contributed by atoms with E-state index in [0.29, 0.717) is 11.5 Å². The Morgan fingerprint density at radius 2 is 1.20 bits per heavy atom. The van der Waals surface area contributed by atoms with Crippen LogP contribution in [-0.4, -0.2) is 9.55 Å². The zero-order valence-electron chi connectivity index (χ0n) is 38.8. The van der Waals surface area contributed by atoms with E-state index in [1.54, 1.807) is 0 Å². The standard InChI is InChI=1S/C58H54N5O.Pt/c1-55(2,3)37-25-26-59-53(31-37)62-49-20-14-11-17-43(49)44-24-23-41(35-52(44)62)64-42-30-38(56(4,5)6)29-39(32-42)60-27-28-61(36-60)40-33-47-54-48(34-40)58(9,10)46-19-13-16-22-51(46)63(54)50-21-15-12-18-45(50)57(47,7)8;/h11-31,33-34,36H,1-10H3;/q-3;. The normalized spacial score (nSPS) is 15.8. The fraction of sp³-hybridized carbons (Fsp3) is 0.241. The first kappa shape index (κ1) is 42.8. The summed E-state index contributed by atoms with van der Waals surface area (Å²) in [5, 5.41) is 2.25. The molecule has 0 saturated heterocycles. The van der Waals surface area contributed by atoms with E-state index in [4.69, 9.17) is 9.72 Å². The van der Waals surface area contributed by atoms with Gasteiger partial charge in [0, 0.05) is 60.8 Å². The van der Waals surface area contributed by atoms with E-state index < -0.39 is 0 Å². The summed E-state index contributed by atoms with van der Waals surface area (Å²) in [4.78, 5) is 11.8.